The molecular formula is C25H28ClF2N3O3. The number of nitrogens with one attached hydrogen (secondary N) is 1. The molecule has 0 radical (unpaired) electrons. The van der Waals surface area contributed by atoms with Crippen LogP contribution in [-0.4, -0.2) is 32.3 Å². The minimum Gasteiger partial charge on any atom is -0.478 e. The number of aliphatic carboxylic acids is 1. The van der Waals surface area contributed by atoms with Crippen molar-refractivity contribution in [3.05, 3.63) is 88.8 Å². The zero-order chi connectivity index (χ0) is 25.5. The Bertz CT molecular complexity index is 1100. The van der Waals surface area contributed by atoms with Crippen LogP contribution in [0.4, 0.5) is 8.78 Å². The number of carbonyl (C=O) groups excluding carboxylic acids is 1. The highest BCUT2D eigenvalue weighted by molar-refractivity contribution is 6.30. The van der Waals surface area contributed by atoms with Gasteiger partial charge in [-0.2, -0.15) is 5.10 Å². The third-order valence-electron chi connectivity index (χ3n) is 5.45. The third-order valence-corrected chi connectivity index (χ3v) is 5.69. The molecule has 182 valence electrons. The Hall–Kier alpha value is -3.26. The molecule has 3 rings (SSSR count). The average Bonchev–Trinajstić information content (AvgIpc) is 3.45. The molecule has 0 bridgehead atoms. The maximum absolute atomic E-state index is 13.8. The van der Waals surface area contributed by atoms with Crippen LogP contribution in [0.5, 0.6) is 0 Å². The molecule has 0 spiro atoms. The van der Waals surface area contributed by atoms with E-state index in [1.165, 1.54) is 19.2 Å². The number of allylic oxidation sites excluding steroid dienone is 1. The molecule has 6 nitrogen and oxygen atoms in total. The van der Waals surface area contributed by atoms with Crippen LogP contribution in [0.2, 0.25) is 5.02 Å². The van der Waals surface area contributed by atoms with Crippen LogP contribution in [-0.2, 0) is 18.3 Å². The number of hydrogen-bond acceptors (Lipinski definition) is 3. The molecule has 0 saturated heterocycles. The molecule has 1 aromatic carbocycles. The number of halogens is 3. The number of carboxylic acids is 1. The van der Waals surface area contributed by atoms with Crippen molar-refractivity contribution in [1.29, 1.82) is 0 Å². The lowest BCUT2D eigenvalue weighted by Crippen LogP contribution is -2.37. The topological polar surface area (TPSA) is 84.2 Å². The number of aromatic nitrogens is 2. The van der Waals surface area contributed by atoms with Crippen LogP contribution in [0.15, 0.2) is 61.2 Å². The number of carbonyl (C=O) groups is 2. The summed E-state index contributed by atoms with van der Waals surface area (Å²) in [5.74, 6) is -1.65. The quantitative estimate of drug-likeness (QED) is 0.270. The van der Waals surface area contributed by atoms with Crippen molar-refractivity contribution in [2.75, 3.05) is 0 Å². The molecule has 34 heavy (non-hydrogen) atoms. The monoisotopic (exact) mass is 491 g/mol. The van der Waals surface area contributed by atoms with E-state index in [2.05, 4.69) is 23.6 Å². The fourth-order valence-corrected chi connectivity index (χ4v) is 3.81. The van der Waals surface area contributed by atoms with Crippen molar-refractivity contribution >= 4 is 23.5 Å². The first-order valence-corrected chi connectivity index (χ1v) is 11.0. The van der Waals surface area contributed by atoms with E-state index < -0.39 is 29.5 Å². The summed E-state index contributed by atoms with van der Waals surface area (Å²) < 4.78 is 28.6. The molecule has 1 aliphatic rings. The number of carboxylic acid groups (broad SMARTS) is 1. The van der Waals surface area contributed by atoms with Crippen molar-refractivity contribution in [3.8, 4) is 0 Å². The van der Waals surface area contributed by atoms with Gasteiger partial charge in [0.2, 0.25) is 0 Å². The summed E-state index contributed by atoms with van der Waals surface area (Å²) in [6, 6.07) is 6.94. The van der Waals surface area contributed by atoms with Gasteiger partial charge in [-0.05, 0) is 43.9 Å². The Morgan fingerprint density at radius 2 is 2.03 bits per heavy atom. The smallest absolute Gasteiger partial charge is 0.335 e. The lowest BCUT2D eigenvalue weighted by Gasteiger charge is -2.16. The molecule has 1 fully saturated rings. The normalized spacial score (nSPS) is 14.6. The number of nitrogens with zero attached hydrogens (tertiary/aromatic N) is 2. The second-order valence-corrected chi connectivity index (χ2v) is 8.26. The van der Waals surface area contributed by atoms with E-state index in [9.17, 15) is 18.4 Å². The van der Waals surface area contributed by atoms with Gasteiger partial charge in [-0.3, -0.25) is 9.48 Å². The highest BCUT2D eigenvalue weighted by Gasteiger charge is 2.44. The molecule has 0 atom stereocenters. The number of rotatable bonds is 9. The summed E-state index contributed by atoms with van der Waals surface area (Å²) in [6.45, 7) is 7.62. The number of benzene rings is 1. The van der Waals surface area contributed by atoms with Crippen LogP contribution in [0.3, 0.4) is 0 Å². The molecule has 1 saturated carbocycles. The molecule has 2 aromatic rings. The first kappa shape index (κ1) is 27.0. The molecule has 1 heterocycles. The van der Waals surface area contributed by atoms with Crippen LogP contribution >= 0.6 is 11.6 Å². The minimum atomic E-state index is -2.87. The van der Waals surface area contributed by atoms with Gasteiger partial charge in [-0.15, -0.1) is 13.2 Å². The Balaban J connectivity index is 0.00000199. The van der Waals surface area contributed by atoms with Gasteiger partial charge in [0, 0.05) is 24.0 Å². The number of alkyl halides is 2. The fourth-order valence-electron chi connectivity index (χ4n) is 3.59. The van der Waals surface area contributed by atoms with Crippen molar-refractivity contribution < 1.29 is 23.5 Å². The number of amides is 1. The zero-order valence-corrected chi connectivity index (χ0v) is 19.9. The molecule has 0 unspecified atom stereocenters. The first-order chi connectivity index (χ1) is 16.2. The first-order valence-electron chi connectivity index (χ1n) is 10.6. The molecule has 1 amide bonds. The van der Waals surface area contributed by atoms with Crippen LogP contribution in [0.1, 0.15) is 59.9 Å². The van der Waals surface area contributed by atoms with E-state index in [4.69, 9.17) is 16.7 Å². The van der Waals surface area contributed by atoms with E-state index in [1.807, 2.05) is 0 Å². The summed E-state index contributed by atoms with van der Waals surface area (Å²) in [4.78, 5) is 24.2. The van der Waals surface area contributed by atoms with Gasteiger partial charge in [-0.25, -0.2) is 13.6 Å². The van der Waals surface area contributed by atoms with E-state index in [0.29, 0.717) is 24.3 Å². The van der Waals surface area contributed by atoms with Gasteiger partial charge < -0.3 is 10.4 Å². The van der Waals surface area contributed by atoms with Gasteiger partial charge in [0.05, 0.1) is 16.8 Å². The van der Waals surface area contributed by atoms with E-state index >= 15 is 0 Å². The SMILES string of the molecule is C/C=C(\C=C/CC1(NC(=O)c2c(Cc3cccc(Cl)c3)nn(C)c2C(F)F)CC1)C(=O)O.C=C. The minimum absolute atomic E-state index is 0.127. The summed E-state index contributed by atoms with van der Waals surface area (Å²) >= 11 is 6.02. The summed E-state index contributed by atoms with van der Waals surface area (Å²) in [6.07, 6.45) is 3.70. The zero-order valence-electron chi connectivity index (χ0n) is 19.2. The standard InChI is InChI=1S/C23H24ClF2N3O3.C2H4/c1-3-15(22(31)32)7-5-9-23(10-11-23)27-21(30)18-17(28-29(2)19(18)20(25)26)13-14-6-4-8-16(24)12-14;1-2/h3-8,12,20H,9-11,13H2,1-2H3,(H,27,30)(H,31,32);1-2H2/b7-5-,15-3+;. The molecule has 2 N–H and O–H groups in total. The maximum Gasteiger partial charge on any atom is 0.335 e. The van der Waals surface area contributed by atoms with Crippen molar-refractivity contribution in [1.82, 2.24) is 15.1 Å². The molecular weight excluding hydrogens is 464 g/mol. The number of aryl methyl sites for hydroxylation is 1. The van der Waals surface area contributed by atoms with Crippen LogP contribution in [0.25, 0.3) is 0 Å². The van der Waals surface area contributed by atoms with Crippen molar-refractivity contribution in [2.45, 2.75) is 44.6 Å². The largest absolute Gasteiger partial charge is 0.478 e. The van der Waals surface area contributed by atoms with Crippen LogP contribution < -0.4 is 5.32 Å². The van der Waals surface area contributed by atoms with Gasteiger partial charge in [0.1, 0.15) is 5.69 Å². The lowest BCUT2D eigenvalue weighted by molar-refractivity contribution is -0.132. The third kappa shape index (κ3) is 6.63. The van der Waals surface area contributed by atoms with Crippen molar-refractivity contribution in [2.24, 2.45) is 7.05 Å². The van der Waals surface area contributed by atoms with E-state index in [1.54, 1.807) is 37.3 Å². The Morgan fingerprint density at radius 1 is 1.35 bits per heavy atom. The maximum atomic E-state index is 13.8. The molecule has 1 aromatic heterocycles. The summed E-state index contributed by atoms with van der Waals surface area (Å²) in [5.41, 5.74) is -0.000326. The van der Waals surface area contributed by atoms with Gasteiger partial charge in [0.25, 0.3) is 12.3 Å². The molecule has 0 aliphatic heterocycles. The van der Waals surface area contributed by atoms with Gasteiger partial charge in [-0.1, -0.05) is 42.0 Å². The fraction of sp³-hybridized carbons (Fsp3) is 0.320. The lowest BCUT2D eigenvalue weighted by atomic mass is 10.0. The van der Waals surface area contributed by atoms with E-state index in [-0.39, 0.29) is 23.3 Å². The summed E-state index contributed by atoms with van der Waals surface area (Å²) in [7, 11) is 1.39. The van der Waals surface area contributed by atoms with Crippen molar-refractivity contribution in [3.63, 3.8) is 0 Å². The Morgan fingerprint density at radius 3 is 2.56 bits per heavy atom. The Labute approximate surface area is 202 Å². The predicted octanol–water partition coefficient (Wildman–Crippen LogP) is 5.64. The highest BCUT2D eigenvalue weighted by atomic mass is 35.5. The van der Waals surface area contributed by atoms with E-state index in [0.717, 1.165) is 10.2 Å². The highest BCUT2D eigenvalue weighted by Crippen LogP contribution is 2.40. The average molecular weight is 492 g/mol. The molecule has 9 heteroatoms. The number of hydrogen-bond donors (Lipinski definition) is 2. The van der Waals surface area contributed by atoms with Gasteiger partial charge in [0.15, 0.2) is 0 Å². The second kappa shape index (κ2) is 11.7. The second-order valence-electron chi connectivity index (χ2n) is 7.83. The predicted molar refractivity (Wildman–Crippen MR) is 128 cm³/mol. The summed E-state index contributed by atoms with van der Waals surface area (Å²) in [5, 5.41) is 16.7. The molecule has 1 aliphatic carbocycles. The van der Waals surface area contributed by atoms with Gasteiger partial charge >= 0.3 is 5.97 Å². The Kier molecular flexibility index (Phi) is 9.32. The van der Waals surface area contributed by atoms with Crippen LogP contribution in [0, 0.1) is 0 Å².